The molecule has 0 amide bonds. The molecule has 0 bridgehead atoms. The highest BCUT2D eigenvalue weighted by Gasteiger charge is 2.21. The highest BCUT2D eigenvalue weighted by atomic mass is 32.1. The second-order valence-corrected chi connectivity index (χ2v) is 15.7. The van der Waals surface area contributed by atoms with Gasteiger partial charge >= 0.3 is 9.28 Å². The molecule has 0 aromatic heterocycles. The topological polar surface area (TPSA) is 18.5 Å². The second kappa shape index (κ2) is 34.7. The lowest BCUT2D eigenvalue weighted by Crippen LogP contribution is -2.34. The standard InChI is InChI=1S/C35H74O2SSi/c1-4-7-9-11-13-15-17-19-21-23-25-27-29-31-33-36-39(35(38)6-3)37-34-32-30-28-26-24-22-20-18-16-14-12-10-8-5-2/h35,38-39H,4-34H2,1-3H3. The lowest BCUT2D eigenvalue weighted by atomic mass is 10.0. The molecular weight excluding hydrogens is 513 g/mol. The van der Waals surface area contributed by atoms with Gasteiger partial charge in [0, 0.05) is 18.1 Å². The maximum Gasteiger partial charge on any atom is 0.334 e. The third kappa shape index (κ3) is 31.3. The molecule has 1 atom stereocenters. The van der Waals surface area contributed by atoms with Gasteiger partial charge in [0.1, 0.15) is 0 Å². The average Bonchev–Trinajstić information content (AvgIpc) is 2.95. The first-order chi connectivity index (χ1) is 19.3. The SMILES string of the molecule is CCCCCCCCCCCCCCCCO[SiH](OCCCCCCCCCCCCCCCC)C(S)CC. The van der Waals surface area contributed by atoms with E-state index in [1.54, 1.807) is 0 Å². The predicted molar refractivity (Wildman–Crippen MR) is 183 cm³/mol. The van der Waals surface area contributed by atoms with Gasteiger partial charge in [-0.25, -0.2) is 0 Å². The highest BCUT2D eigenvalue weighted by Crippen LogP contribution is 2.16. The van der Waals surface area contributed by atoms with E-state index in [9.17, 15) is 0 Å². The third-order valence-electron chi connectivity index (χ3n) is 8.29. The number of thiol groups is 1. The summed E-state index contributed by atoms with van der Waals surface area (Å²) in [5.41, 5.74) is 0. The van der Waals surface area contributed by atoms with Crippen LogP contribution in [0.1, 0.15) is 207 Å². The van der Waals surface area contributed by atoms with Crippen molar-refractivity contribution in [3.05, 3.63) is 0 Å². The van der Waals surface area contributed by atoms with Crippen LogP contribution in [0.2, 0.25) is 0 Å². The molecule has 0 aliphatic carbocycles. The molecule has 0 saturated heterocycles. The molecule has 2 nitrogen and oxygen atoms in total. The van der Waals surface area contributed by atoms with Crippen molar-refractivity contribution >= 4 is 21.9 Å². The van der Waals surface area contributed by atoms with Gasteiger partial charge in [0.25, 0.3) is 0 Å². The highest BCUT2D eigenvalue weighted by molar-refractivity contribution is 7.82. The Bertz CT molecular complexity index is 403. The summed E-state index contributed by atoms with van der Waals surface area (Å²) in [6.45, 7) is 8.57. The summed E-state index contributed by atoms with van der Waals surface area (Å²) in [5, 5.41) is 0. The monoisotopic (exact) mass is 587 g/mol. The molecule has 4 heteroatoms. The Balaban J connectivity index is 3.49. The van der Waals surface area contributed by atoms with Gasteiger partial charge in [0.2, 0.25) is 0 Å². The molecule has 0 aliphatic heterocycles. The Kier molecular flexibility index (Phi) is 35.1. The summed E-state index contributed by atoms with van der Waals surface area (Å²) < 4.78 is 12.5. The fourth-order valence-corrected chi connectivity index (χ4v) is 7.69. The maximum atomic E-state index is 6.26. The van der Waals surface area contributed by atoms with E-state index < -0.39 is 9.28 Å². The molecule has 0 aromatic rings. The fourth-order valence-electron chi connectivity index (χ4n) is 5.45. The second-order valence-electron chi connectivity index (χ2n) is 12.3. The number of hydrogen-bond acceptors (Lipinski definition) is 3. The van der Waals surface area contributed by atoms with Gasteiger partial charge in [-0.05, 0) is 19.3 Å². The van der Waals surface area contributed by atoms with Crippen LogP contribution in [0, 0.1) is 0 Å². The Morgan fingerprint density at radius 1 is 0.385 bits per heavy atom. The minimum atomic E-state index is -1.65. The Morgan fingerprint density at radius 2 is 0.615 bits per heavy atom. The van der Waals surface area contributed by atoms with Crippen molar-refractivity contribution in [2.24, 2.45) is 0 Å². The van der Waals surface area contributed by atoms with Crippen LogP contribution >= 0.6 is 12.6 Å². The average molecular weight is 587 g/mol. The van der Waals surface area contributed by atoms with Gasteiger partial charge in [-0.3, -0.25) is 0 Å². The molecule has 1 unspecified atom stereocenters. The van der Waals surface area contributed by atoms with Crippen LogP contribution in [-0.4, -0.2) is 27.4 Å². The minimum Gasteiger partial charge on any atom is -0.396 e. The first kappa shape index (κ1) is 39.5. The molecule has 0 N–H and O–H groups in total. The van der Waals surface area contributed by atoms with E-state index in [2.05, 4.69) is 20.8 Å². The summed E-state index contributed by atoms with van der Waals surface area (Å²) in [6.07, 6.45) is 40.3. The lowest BCUT2D eigenvalue weighted by molar-refractivity contribution is 0.187. The molecule has 0 aromatic carbocycles. The van der Waals surface area contributed by atoms with Crippen molar-refractivity contribution in [2.45, 2.75) is 212 Å². The van der Waals surface area contributed by atoms with E-state index in [1.165, 1.54) is 180 Å². The van der Waals surface area contributed by atoms with Crippen LogP contribution < -0.4 is 0 Å². The lowest BCUT2D eigenvalue weighted by Gasteiger charge is -2.21. The van der Waals surface area contributed by atoms with Crippen molar-refractivity contribution in [1.82, 2.24) is 0 Å². The van der Waals surface area contributed by atoms with Crippen molar-refractivity contribution in [3.8, 4) is 0 Å². The first-order valence-electron chi connectivity index (χ1n) is 18.2. The largest absolute Gasteiger partial charge is 0.396 e. The normalized spacial score (nSPS) is 12.5. The molecule has 0 saturated carbocycles. The predicted octanol–water partition coefficient (Wildman–Crippen LogP) is 12.5. The van der Waals surface area contributed by atoms with Gasteiger partial charge in [-0.1, -0.05) is 188 Å². The van der Waals surface area contributed by atoms with Gasteiger partial charge in [0.05, 0.1) is 0 Å². The Hall–Kier alpha value is 0.487. The summed E-state index contributed by atoms with van der Waals surface area (Å²) in [5.74, 6) is 0. The van der Waals surface area contributed by atoms with E-state index in [0.717, 1.165) is 19.6 Å². The molecule has 0 aliphatic rings. The van der Waals surface area contributed by atoms with Crippen LogP contribution in [-0.2, 0) is 8.85 Å². The van der Waals surface area contributed by atoms with Crippen LogP contribution in [0.5, 0.6) is 0 Å². The summed E-state index contributed by atoms with van der Waals surface area (Å²) in [6, 6.07) is 0. The van der Waals surface area contributed by atoms with E-state index in [4.69, 9.17) is 21.5 Å². The van der Waals surface area contributed by atoms with Crippen LogP contribution in [0.25, 0.3) is 0 Å². The van der Waals surface area contributed by atoms with Crippen molar-refractivity contribution in [3.63, 3.8) is 0 Å². The van der Waals surface area contributed by atoms with Gasteiger partial charge in [0.15, 0.2) is 0 Å². The van der Waals surface area contributed by atoms with E-state index in [-0.39, 0.29) is 0 Å². The Morgan fingerprint density at radius 3 is 0.846 bits per heavy atom. The van der Waals surface area contributed by atoms with Crippen molar-refractivity contribution in [2.75, 3.05) is 13.2 Å². The summed E-state index contributed by atoms with van der Waals surface area (Å²) in [4.78, 5) is 0.322. The van der Waals surface area contributed by atoms with E-state index in [0.29, 0.717) is 4.87 Å². The van der Waals surface area contributed by atoms with Crippen LogP contribution in [0.3, 0.4) is 0 Å². The van der Waals surface area contributed by atoms with Gasteiger partial charge < -0.3 is 8.85 Å². The molecule has 0 rings (SSSR count). The number of rotatable bonds is 34. The fraction of sp³-hybridized carbons (Fsp3) is 1.00. The van der Waals surface area contributed by atoms with Crippen LogP contribution in [0.4, 0.5) is 0 Å². The maximum absolute atomic E-state index is 6.26. The molecule has 0 spiro atoms. The number of unbranched alkanes of at least 4 members (excludes halogenated alkanes) is 26. The molecular formula is C35H74O2SSi. The minimum absolute atomic E-state index is 0.322. The zero-order valence-electron chi connectivity index (χ0n) is 27.3. The van der Waals surface area contributed by atoms with Crippen molar-refractivity contribution < 1.29 is 8.85 Å². The van der Waals surface area contributed by atoms with Gasteiger partial charge in [-0.15, -0.1) is 0 Å². The third-order valence-corrected chi connectivity index (χ3v) is 11.6. The zero-order valence-corrected chi connectivity index (χ0v) is 29.4. The molecule has 236 valence electrons. The number of hydrogen-bond donors (Lipinski definition) is 1. The van der Waals surface area contributed by atoms with E-state index >= 15 is 0 Å². The van der Waals surface area contributed by atoms with Crippen molar-refractivity contribution in [1.29, 1.82) is 0 Å². The zero-order chi connectivity index (χ0) is 28.5. The molecule has 0 fully saturated rings. The Labute approximate surface area is 255 Å². The summed E-state index contributed by atoms with van der Waals surface area (Å²) in [7, 11) is -1.65. The summed E-state index contributed by atoms with van der Waals surface area (Å²) >= 11 is 4.79. The smallest absolute Gasteiger partial charge is 0.334 e. The van der Waals surface area contributed by atoms with Gasteiger partial charge in [-0.2, -0.15) is 12.6 Å². The molecule has 39 heavy (non-hydrogen) atoms. The molecule has 0 heterocycles. The van der Waals surface area contributed by atoms with Crippen LogP contribution in [0.15, 0.2) is 0 Å². The first-order valence-corrected chi connectivity index (χ1v) is 20.3. The molecule has 0 radical (unpaired) electrons. The quantitative estimate of drug-likeness (QED) is 0.0459. The van der Waals surface area contributed by atoms with E-state index in [1.807, 2.05) is 0 Å².